The van der Waals surface area contributed by atoms with Crippen LogP contribution in [0.5, 0.6) is 0 Å². The zero-order valence-electron chi connectivity index (χ0n) is 12.2. The molecule has 5 heteroatoms. The smallest absolute Gasteiger partial charge is 0.240 e. The maximum Gasteiger partial charge on any atom is 0.240 e. The molecule has 1 aromatic rings. The Bertz CT molecular complexity index is 557. The van der Waals surface area contributed by atoms with Crippen molar-refractivity contribution in [3.8, 4) is 0 Å². The van der Waals surface area contributed by atoms with Crippen molar-refractivity contribution < 1.29 is 8.42 Å². The van der Waals surface area contributed by atoms with Crippen LogP contribution >= 0.6 is 0 Å². The van der Waals surface area contributed by atoms with Gasteiger partial charge in [-0.3, -0.25) is 0 Å². The summed E-state index contributed by atoms with van der Waals surface area (Å²) < 4.78 is 27.6. The quantitative estimate of drug-likeness (QED) is 0.877. The van der Waals surface area contributed by atoms with Crippen molar-refractivity contribution in [1.82, 2.24) is 4.72 Å². The van der Waals surface area contributed by atoms with Crippen molar-refractivity contribution in [2.75, 3.05) is 0 Å². The Labute approximate surface area is 121 Å². The van der Waals surface area contributed by atoms with Gasteiger partial charge in [-0.05, 0) is 49.3 Å². The molecule has 3 unspecified atom stereocenters. The second-order valence-electron chi connectivity index (χ2n) is 5.82. The van der Waals surface area contributed by atoms with Crippen LogP contribution in [-0.2, 0) is 10.0 Å². The fourth-order valence-electron chi connectivity index (χ4n) is 2.75. The highest BCUT2D eigenvalue weighted by atomic mass is 32.2. The largest absolute Gasteiger partial charge is 0.324 e. The van der Waals surface area contributed by atoms with Crippen molar-refractivity contribution in [2.24, 2.45) is 11.7 Å². The van der Waals surface area contributed by atoms with E-state index in [-0.39, 0.29) is 12.1 Å². The Hall–Kier alpha value is -0.910. The van der Waals surface area contributed by atoms with Crippen LogP contribution in [0.3, 0.4) is 0 Å². The molecule has 0 bridgehead atoms. The summed E-state index contributed by atoms with van der Waals surface area (Å²) in [4.78, 5) is 0.318. The summed E-state index contributed by atoms with van der Waals surface area (Å²) in [5, 5.41) is 0. The predicted molar refractivity (Wildman–Crippen MR) is 80.8 cm³/mol. The standard InChI is InChI=1S/C15H24N2O2S/c1-3-15(16)12-5-4-6-14(10-12)20(18,19)17-13-8-7-11(2)9-13/h4-6,10-11,13,15,17H,3,7-9,16H2,1-2H3. The van der Waals surface area contributed by atoms with Crippen LogP contribution in [0.25, 0.3) is 0 Å². The SMILES string of the molecule is CCC(N)c1cccc(S(=O)(=O)NC2CCC(C)C2)c1. The summed E-state index contributed by atoms with van der Waals surface area (Å²) in [5.41, 5.74) is 6.84. The summed E-state index contributed by atoms with van der Waals surface area (Å²) in [6.07, 6.45) is 3.73. The van der Waals surface area contributed by atoms with Crippen molar-refractivity contribution in [2.45, 2.75) is 56.5 Å². The topological polar surface area (TPSA) is 72.2 Å². The van der Waals surface area contributed by atoms with Gasteiger partial charge in [0.1, 0.15) is 0 Å². The predicted octanol–water partition coefficient (Wildman–Crippen LogP) is 2.56. The van der Waals surface area contributed by atoms with E-state index in [0.717, 1.165) is 31.2 Å². The molecule has 0 heterocycles. The van der Waals surface area contributed by atoms with Gasteiger partial charge in [0.2, 0.25) is 10.0 Å². The average Bonchev–Trinajstić information content (AvgIpc) is 2.82. The second kappa shape index (κ2) is 6.24. The number of hydrogen-bond donors (Lipinski definition) is 2. The van der Waals surface area contributed by atoms with E-state index in [1.165, 1.54) is 0 Å². The molecule has 20 heavy (non-hydrogen) atoms. The van der Waals surface area contributed by atoms with Crippen LogP contribution in [0.1, 0.15) is 51.1 Å². The highest BCUT2D eigenvalue weighted by molar-refractivity contribution is 7.89. The number of benzene rings is 1. The molecule has 3 atom stereocenters. The zero-order chi connectivity index (χ0) is 14.8. The highest BCUT2D eigenvalue weighted by Crippen LogP contribution is 2.26. The van der Waals surface area contributed by atoms with Gasteiger partial charge in [0.25, 0.3) is 0 Å². The average molecular weight is 296 g/mol. The molecule has 0 amide bonds. The van der Waals surface area contributed by atoms with E-state index in [9.17, 15) is 8.42 Å². The van der Waals surface area contributed by atoms with Gasteiger partial charge >= 0.3 is 0 Å². The van der Waals surface area contributed by atoms with Gasteiger partial charge in [-0.1, -0.05) is 26.0 Å². The normalized spacial score (nSPS) is 24.8. The minimum atomic E-state index is -3.44. The third-order valence-electron chi connectivity index (χ3n) is 4.05. The molecule has 0 radical (unpaired) electrons. The van der Waals surface area contributed by atoms with E-state index >= 15 is 0 Å². The molecule has 0 aromatic heterocycles. The number of nitrogens with two attached hydrogens (primary N) is 1. The van der Waals surface area contributed by atoms with Crippen molar-refractivity contribution in [1.29, 1.82) is 0 Å². The fourth-order valence-corrected chi connectivity index (χ4v) is 4.09. The van der Waals surface area contributed by atoms with Crippen LogP contribution in [0.15, 0.2) is 29.2 Å². The number of sulfonamides is 1. The maximum atomic E-state index is 12.4. The molecule has 0 saturated heterocycles. The monoisotopic (exact) mass is 296 g/mol. The Morgan fingerprint density at radius 2 is 2.15 bits per heavy atom. The Morgan fingerprint density at radius 3 is 2.75 bits per heavy atom. The van der Waals surface area contributed by atoms with Crippen molar-refractivity contribution in [3.63, 3.8) is 0 Å². The third-order valence-corrected chi connectivity index (χ3v) is 5.57. The number of rotatable bonds is 5. The molecule has 0 aliphatic heterocycles. The Kier molecular flexibility index (Phi) is 4.83. The van der Waals surface area contributed by atoms with E-state index in [0.29, 0.717) is 10.8 Å². The van der Waals surface area contributed by atoms with E-state index in [1.54, 1.807) is 18.2 Å². The van der Waals surface area contributed by atoms with Gasteiger partial charge in [0.15, 0.2) is 0 Å². The minimum Gasteiger partial charge on any atom is -0.324 e. The lowest BCUT2D eigenvalue weighted by Crippen LogP contribution is -2.33. The van der Waals surface area contributed by atoms with Crippen molar-refractivity contribution >= 4 is 10.0 Å². The maximum absolute atomic E-state index is 12.4. The summed E-state index contributed by atoms with van der Waals surface area (Å²) in [6.45, 7) is 4.15. The van der Waals surface area contributed by atoms with Gasteiger partial charge in [0.05, 0.1) is 4.90 Å². The molecule has 1 fully saturated rings. The lowest BCUT2D eigenvalue weighted by atomic mass is 10.1. The molecule has 1 aliphatic carbocycles. The highest BCUT2D eigenvalue weighted by Gasteiger charge is 2.26. The van der Waals surface area contributed by atoms with E-state index in [1.807, 2.05) is 13.0 Å². The Balaban J connectivity index is 2.17. The molecule has 4 nitrogen and oxygen atoms in total. The minimum absolute atomic E-state index is 0.0681. The first-order chi connectivity index (χ1) is 9.42. The fraction of sp³-hybridized carbons (Fsp3) is 0.600. The van der Waals surface area contributed by atoms with Crippen LogP contribution in [0.4, 0.5) is 0 Å². The van der Waals surface area contributed by atoms with E-state index in [2.05, 4.69) is 11.6 Å². The summed E-state index contributed by atoms with van der Waals surface area (Å²) in [6, 6.07) is 6.92. The second-order valence-corrected chi connectivity index (χ2v) is 7.54. The molecule has 1 aliphatic rings. The zero-order valence-corrected chi connectivity index (χ0v) is 13.0. The lowest BCUT2D eigenvalue weighted by molar-refractivity contribution is 0.538. The van der Waals surface area contributed by atoms with Gasteiger partial charge in [-0.25, -0.2) is 13.1 Å². The van der Waals surface area contributed by atoms with E-state index in [4.69, 9.17) is 5.73 Å². The van der Waals surface area contributed by atoms with Crippen LogP contribution in [-0.4, -0.2) is 14.5 Å². The first-order valence-electron chi connectivity index (χ1n) is 7.30. The first kappa shape index (κ1) is 15.5. The van der Waals surface area contributed by atoms with Crippen LogP contribution < -0.4 is 10.5 Å². The van der Waals surface area contributed by atoms with Gasteiger partial charge in [-0.15, -0.1) is 0 Å². The van der Waals surface area contributed by atoms with Crippen molar-refractivity contribution in [3.05, 3.63) is 29.8 Å². The molecule has 3 N–H and O–H groups in total. The molecule has 2 rings (SSSR count). The first-order valence-corrected chi connectivity index (χ1v) is 8.78. The molecular weight excluding hydrogens is 272 g/mol. The number of nitrogens with one attached hydrogen (secondary N) is 1. The summed E-state index contributed by atoms with van der Waals surface area (Å²) in [7, 11) is -3.44. The Morgan fingerprint density at radius 1 is 1.40 bits per heavy atom. The van der Waals surface area contributed by atoms with Gasteiger partial charge < -0.3 is 5.73 Å². The molecule has 112 valence electrons. The summed E-state index contributed by atoms with van der Waals surface area (Å²) in [5.74, 6) is 0.600. The van der Waals surface area contributed by atoms with Crippen LogP contribution in [0.2, 0.25) is 0 Å². The molecule has 1 aromatic carbocycles. The number of hydrogen-bond acceptors (Lipinski definition) is 3. The lowest BCUT2D eigenvalue weighted by Gasteiger charge is -2.15. The summed E-state index contributed by atoms with van der Waals surface area (Å²) >= 11 is 0. The third kappa shape index (κ3) is 3.59. The molecule has 0 spiro atoms. The van der Waals surface area contributed by atoms with Crippen LogP contribution in [0, 0.1) is 5.92 Å². The van der Waals surface area contributed by atoms with Gasteiger partial charge in [-0.2, -0.15) is 0 Å². The van der Waals surface area contributed by atoms with E-state index < -0.39 is 10.0 Å². The molecule has 1 saturated carbocycles. The molecular formula is C15H24N2O2S. The van der Waals surface area contributed by atoms with Gasteiger partial charge in [0, 0.05) is 12.1 Å².